The van der Waals surface area contributed by atoms with Crippen LogP contribution in [0.15, 0.2) is 42.5 Å². The number of urea groups is 1. The van der Waals surface area contributed by atoms with Crippen LogP contribution in [-0.2, 0) is 4.79 Å². The summed E-state index contributed by atoms with van der Waals surface area (Å²) in [5.74, 6) is -1.36. The van der Waals surface area contributed by atoms with Crippen LogP contribution >= 0.6 is 24.4 Å². The van der Waals surface area contributed by atoms with Crippen LogP contribution in [0.1, 0.15) is 17.3 Å². The van der Waals surface area contributed by atoms with Crippen molar-refractivity contribution in [3.05, 3.63) is 53.1 Å². The van der Waals surface area contributed by atoms with E-state index in [0.717, 1.165) is 4.31 Å². The van der Waals surface area contributed by atoms with Crippen LogP contribution in [0.5, 0.6) is 0 Å². The average molecular weight is 380 g/mol. The van der Waals surface area contributed by atoms with E-state index in [0.29, 0.717) is 17.1 Å². The minimum absolute atomic E-state index is 0.00323. The monoisotopic (exact) mass is 379 g/mol. The Labute approximate surface area is 154 Å². The Morgan fingerprint density at radius 1 is 1.04 bits per heavy atom. The zero-order valence-corrected chi connectivity index (χ0v) is 14.6. The quantitative estimate of drug-likeness (QED) is 0.606. The van der Waals surface area contributed by atoms with Crippen LogP contribution in [0.3, 0.4) is 0 Å². The van der Waals surface area contributed by atoms with Gasteiger partial charge in [0, 0.05) is 18.3 Å². The first-order valence-electron chi connectivity index (χ1n) is 6.98. The second-order valence-corrected chi connectivity index (χ2v) is 5.78. The number of nitrogens with one attached hydrogen (secondary N) is 2. The maximum atomic E-state index is 12.2. The van der Waals surface area contributed by atoms with Crippen LogP contribution in [0, 0.1) is 0 Å². The minimum atomic E-state index is -1.16. The Morgan fingerprint density at radius 2 is 1.60 bits per heavy atom. The Bertz CT molecular complexity index is 827. The van der Waals surface area contributed by atoms with E-state index in [1.807, 2.05) is 0 Å². The van der Waals surface area contributed by atoms with Gasteiger partial charge < -0.3 is 15.7 Å². The molecule has 0 fully saturated rings. The molecular formula is C16H14ClN3O4S. The third-order valence-corrected chi connectivity index (χ3v) is 3.80. The topological polar surface area (TPSA) is 98.7 Å². The van der Waals surface area contributed by atoms with E-state index in [1.165, 1.54) is 25.1 Å². The Balaban J connectivity index is 2.08. The highest BCUT2D eigenvalue weighted by atomic mass is 35.5. The molecule has 9 heteroatoms. The number of halogens is 1. The van der Waals surface area contributed by atoms with Crippen molar-refractivity contribution >= 4 is 59.4 Å². The number of thiol groups is 1. The maximum absolute atomic E-state index is 12.2. The number of benzene rings is 2. The van der Waals surface area contributed by atoms with Gasteiger partial charge in [-0.05, 0) is 42.5 Å². The Hall–Kier alpha value is -2.71. The summed E-state index contributed by atoms with van der Waals surface area (Å²) in [5.41, 5.74) is 1.34. The van der Waals surface area contributed by atoms with Crippen LogP contribution in [0.2, 0.25) is 5.02 Å². The highest BCUT2D eigenvalue weighted by molar-refractivity contribution is 7.82. The van der Waals surface area contributed by atoms with Crippen LogP contribution in [0.25, 0.3) is 0 Å². The summed E-state index contributed by atoms with van der Waals surface area (Å²) in [4.78, 5) is 34.1. The summed E-state index contributed by atoms with van der Waals surface area (Å²) in [6.45, 7) is 1.40. The number of carboxylic acids is 1. The third kappa shape index (κ3) is 4.88. The lowest BCUT2D eigenvalue weighted by molar-refractivity contribution is -0.114. The second-order valence-electron chi connectivity index (χ2n) is 4.97. The fourth-order valence-electron chi connectivity index (χ4n) is 1.94. The fourth-order valence-corrected chi connectivity index (χ4v) is 2.37. The number of carbonyl (C=O) groups is 3. The number of carbonyl (C=O) groups excluding carboxylic acids is 2. The van der Waals surface area contributed by atoms with Crippen LogP contribution < -0.4 is 14.9 Å². The number of anilines is 3. The molecule has 2 rings (SSSR count). The molecular weight excluding hydrogens is 366 g/mol. The van der Waals surface area contributed by atoms with Crippen LogP contribution in [0.4, 0.5) is 21.9 Å². The Morgan fingerprint density at radius 3 is 2.08 bits per heavy atom. The lowest BCUT2D eigenvalue weighted by Crippen LogP contribution is -2.26. The standard InChI is InChI=1S/C16H14ClN3O4S/c1-9(21)18-10-2-4-11(5-3-10)19-16(24)20(25)12-6-7-13(15(22)23)14(17)8-12/h2-8,25H,1H3,(H,18,21)(H,19,24)(H,22,23). The molecule has 0 aliphatic heterocycles. The molecule has 3 N–H and O–H groups in total. The maximum Gasteiger partial charge on any atom is 0.337 e. The number of carboxylic acid groups (broad SMARTS) is 1. The minimum Gasteiger partial charge on any atom is -0.478 e. The third-order valence-electron chi connectivity index (χ3n) is 3.08. The number of hydrogen-bond donors (Lipinski definition) is 4. The predicted octanol–water partition coefficient (Wildman–Crippen LogP) is 3.88. The fraction of sp³-hybridized carbons (Fsp3) is 0.0625. The van der Waals surface area contributed by atoms with E-state index in [4.69, 9.17) is 16.7 Å². The van der Waals surface area contributed by atoms with Crippen molar-refractivity contribution in [2.75, 3.05) is 14.9 Å². The molecule has 0 aliphatic carbocycles. The van der Waals surface area contributed by atoms with Gasteiger partial charge in [0.2, 0.25) is 5.91 Å². The molecule has 0 saturated heterocycles. The highest BCUT2D eigenvalue weighted by Gasteiger charge is 2.16. The smallest absolute Gasteiger partial charge is 0.337 e. The van der Waals surface area contributed by atoms with Crippen molar-refractivity contribution in [3.8, 4) is 0 Å². The molecule has 0 atom stereocenters. The van der Waals surface area contributed by atoms with E-state index >= 15 is 0 Å². The summed E-state index contributed by atoms with van der Waals surface area (Å²) in [6, 6.07) is 9.99. The second kappa shape index (κ2) is 7.91. The van der Waals surface area contributed by atoms with Gasteiger partial charge in [0.1, 0.15) is 0 Å². The van der Waals surface area contributed by atoms with Gasteiger partial charge in [-0.3, -0.25) is 4.79 Å². The van der Waals surface area contributed by atoms with E-state index in [2.05, 4.69) is 23.4 Å². The van der Waals surface area contributed by atoms with Crippen molar-refractivity contribution in [2.45, 2.75) is 6.92 Å². The SMILES string of the molecule is CC(=O)Nc1ccc(NC(=O)N(S)c2ccc(C(=O)O)c(Cl)c2)cc1. The van der Waals surface area contributed by atoms with Crippen molar-refractivity contribution in [3.63, 3.8) is 0 Å². The lowest BCUT2D eigenvalue weighted by Gasteiger charge is -2.17. The zero-order chi connectivity index (χ0) is 18.6. The predicted molar refractivity (Wildman–Crippen MR) is 99.6 cm³/mol. The first-order valence-corrected chi connectivity index (χ1v) is 7.76. The molecule has 0 radical (unpaired) electrons. The van der Waals surface area contributed by atoms with Gasteiger partial charge in [0.05, 0.1) is 16.3 Å². The number of hydrogen-bond acceptors (Lipinski definition) is 4. The molecule has 25 heavy (non-hydrogen) atoms. The van der Waals surface area contributed by atoms with E-state index in [-0.39, 0.29) is 16.5 Å². The van der Waals surface area contributed by atoms with E-state index in [1.54, 1.807) is 24.3 Å². The number of amides is 3. The number of rotatable bonds is 4. The normalized spacial score (nSPS) is 10.0. The summed E-state index contributed by atoms with van der Waals surface area (Å²) >= 11 is 9.99. The number of aromatic carboxylic acids is 1. The molecule has 0 aliphatic rings. The highest BCUT2D eigenvalue weighted by Crippen LogP contribution is 2.25. The average Bonchev–Trinajstić information content (AvgIpc) is 2.55. The van der Waals surface area contributed by atoms with Crippen LogP contribution in [-0.4, -0.2) is 23.0 Å². The molecule has 2 aromatic carbocycles. The van der Waals surface area contributed by atoms with E-state index in [9.17, 15) is 14.4 Å². The summed E-state index contributed by atoms with van der Waals surface area (Å²) < 4.78 is 0.999. The molecule has 130 valence electrons. The van der Waals surface area contributed by atoms with Gasteiger partial charge in [-0.25, -0.2) is 13.9 Å². The van der Waals surface area contributed by atoms with Crippen molar-refractivity contribution in [2.24, 2.45) is 0 Å². The Kier molecular flexibility index (Phi) is 5.89. The summed E-state index contributed by atoms with van der Waals surface area (Å²) in [5, 5.41) is 14.2. The van der Waals surface area contributed by atoms with Gasteiger partial charge in [-0.15, -0.1) is 0 Å². The van der Waals surface area contributed by atoms with Gasteiger partial charge in [-0.2, -0.15) is 0 Å². The molecule has 3 amide bonds. The zero-order valence-electron chi connectivity index (χ0n) is 13.0. The molecule has 0 unspecified atom stereocenters. The first kappa shape index (κ1) is 18.6. The molecule has 0 bridgehead atoms. The molecule has 0 spiro atoms. The van der Waals surface area contributed by atoms with Gasteiger partial charge >= 0.3 is 12.0 Å². The first-order chi connectivity index (χ1) is 11.8. The molecule has 2 aromatic rings. The van der Waals surface area contributed by atoms with Gasteiger partial charge in [0.15, 0.2) is 0 Å². The lowest BCUT2D eigenvalue weighted by atomic mass is 10.2. The van der Waals surface area contributed by atoms with Crippen molar-refractivity contribution in [1.82, 2.24) is 0 Å². The van der Waals surface area contributed by atoms with Crippen molar-refractivity contribution < 1.29 is 19.5 Å². The number of nitrogens with zero attached hydrogens (tertiary/aromatic N) is 1. The largest absolute Gasteiger partial charge is 0.478 e. The molecule has 7 nitrogen and oxygen atoms in total. The molecule has 0 saturated carbocycles. The molecule has 0 aromatic heterocycles. The van der Waals surface area contributed by atoms with Crippen molar-refractivity contribution in [1.29, 1.82) is 0 Å². The summed E-state index contributed by atoms with van der Waals surface area (Å²) in [6.07, 6.45) is 0. The molecule has 0 heterocycles. The summed E-state index contributed by atoms with van der Waals surface area (Å²) in [7, 11) is 0. The van der Waals surface area contributed by atoms with Gasteiger partial charge in [-0.1, -0.05) is 24.4 Å². The van der Waals surface area contributed by atoms with E-state index < -0.39 is 12.0 Å². The van der Waals surface area contributed by atoms with Gasteiger partial charge in [0.25, 0.3) is 0 Å².